The number of phenolic OH excluding ortho intramolecular Hbond substituents is 1. The first-order valence-electron chi connectivity index (χ1n) is 11.1. The molecule has 0 radical (unpaired) electrons. The predicted molar refractivity (Wildman–Crippen MR) is 126 cm³/mol. The van der Waals surface area contributed by atoms with Crippen molar-refractivity contribution in [2.24, 2.45) is 5.73 Å². The minimum atomic E-state index is -1.65. The summed E-state index contributed by atoms with van der Waals surface area (Å²) in [4.78, 5) is 27.2. The highest BCUT2D eigenvalue weighted by atomic mass is 16.6. The fourth-order valence-corrected chi connectivity index (χ4v) is 4.92. The van der Waals surface area contributed by atoms with Gasteiger partial charge in [-0.25, -0.2) is 0 Å². The molecule has 1 aliphatic heterocycles. The van der Waals surface area contributed by atoms with Gasteiger partial charge in [0.25, 0.3) is 0 Å². The van der Waals surface area contributed by atoms with Crippen LogP contribution in [0.5, 0.6) is 5.75 Å². The lowest BCUT2D eigenvalue weighted by Gasteiger charge is -2.44. The number of allylic oxidation sites excluding steroid dienone is 2. The first kappa shape index (κ1) is 22.9. The zero-order chi connectivity index (χ0) is 24.9. The average Bonchev–Trinajstić information content (AvgIpc) is 2.83. The summed E-state index contributed by atoms with van der Waals surface area (Å²) in [6.07, 6.45) is 0.286. The third-order valence-corrected chi connectivity index (χ3v) is 6.40. The largest absolute Gasteiger partial charge is 0.507 e. The van der Waals surface area contributed by atoms with E-state index in [9.17, 15) is 24.9 Å². The van der Waals surface area contributed by atoms with E-state index in [1.165, 1.54) is 31.2 Å². The quantitative estimate of drug-likeness (QED) is 0.219. The summed E-state index contributed by atoms with van der Waals surface area (Å²) in [5.41, 5.74) is 5.28. The molecule has 2 aromatic carbocycles. The highest BCUT2D eigenvalue weighted by molar-refractivity contribution is 6.31. The number of aliphatic hydroxyl groups excluding tert-OH is 2. The molecular formula is C27H22N2O6. The van der Waals surface area contributed by atoms with Crippen LogP contribution in [-0.2, 0) is 16.9 Å². The number of carbonyl (C=O) groups is 2. The Morgan fingerprint density at radius 3 is 2.57 bits per heavy atom. The van der Waals surface area contributed by atoms with Gasteiger partial charge < -0.3 is 31.1 Å². The molecule has 2 bridgehead atoms. The number of nitrogens with one attached hydrogen (secondary N) is 1. The van der Waals surface area contributed by atoms with Gasteiger partial charge in [-0.05, 0) is 42.8 Å². The first-order chi connectivity index (χ1) is 16.8. The van der Waals surface area contributed by atoms with E-state index in [-0.39, 0.29) is 46.5 Å². The normalized spacial score (nSPS) is 25.4. The SMILES string of the molecule is C[C@@H](O)O[C@]12C[C@H](C#C/C=C\C#C[C@H]1O)Nc1c2cc(O)c2c1C(=O)c1cc(CN)ccc1C2=O. The average molecular weight is 470 g/mol. The van der Waals surface area contributed by atoms with E-state index >= 15 is 0 Å². The molecule has 0 unspecified atom stereocenters. The van der Waals surface area contributed by atoms with Crippen LogP contribution in [0, 0.1) is 23.7 Å². The Bertz CT molecular complexity index is 1440. The van der Waals surface area contributed by atoms with Gasteiger partial charge in [0.15, 0.2) is 17.9 Å². The van der Waals surface area contributed by atoms with E-state index in [1.54, 1.807) is 12.1 Å². The van der Waals surface area contributed by atoms with E-state index in [0.717, 1.165) is 0 Å². The zero-order valence-corrected chi connectivity index (χ0v) is 18.8. The first-order valence-corrected chi connectivity index (χ1v) is 11.1. The van der Waals surface area contributed by atoms with Crippen LogP contribution in [0.15, 0.2) is 36.4 Å². The number of carbonyl (C=O) groups excluding carboxylic acids is 2. The van der Waals surface area contributed by atoms with E-state index in [4.69, 9.17) is 10.5 Å². The van der Waals surface area contributed by atoms with Gasteiger partial charge in [0.1, 0.15) is 17.5 Å². The van der Waals surface area contributed by atoms with Crippen LogP contribution < -0.4 is 11.1 Å². The fourth-order valence-electron chi connectivity index (χ4n) is 4.92. The molecule has 2 aromatic rings. The van der Waals surface area contributed by atoms with Gasteiger partial charge in [0, 0.05) is 29.7 Å². The summed E-state index contributed by atoms with van der Waals surface area (Å²) >= 11 is 0. The molecule has 8 heteroatoms. The maximum Gasteiger partial charge on any atom is 0.198 e. The second kappa shape index (κ2) is 8.38. The van der Waals surface area contributed by atoms with Crippen molar-refractivity contribution >= 4 is 17.3 Å². The van der Waals surface area contributed by atoms with Gasteiger partial charge in [-0.2, -0.15) is 0 Å². The number of anilines is 1. The second-order valence-corrected chi connectivity index (χ2v) is 8.63. The monoisotopic (exact) mass is 470 g/mol. The fraction of sp³-hybridized carbons (Fsp3) is 0.259. The highest BCUT2D eigenvalue weighted by Gasteiger charge is 2.50. The Hall–Kier alpha value is -3.92. The lowest BCUT2D eigenvalue weighted by Crippen LogP contribution is -2.51. The summed E-state index contributed by atoms with van der Waals surface area (Å²) in [6.45, 7) is 1.56. The molecule has 3 aliphatic rings. The number of hydrogen-bond acceptors (Lipinski definition) is 8. The number of nitrogens with two attached hydrogens (primary N) is 1. The van der Waals surface area contributed by atoms with Gasteiger partial charge in [-0.15, -0.1) is 0 Å². The molecule has 0 spiro atoms. The van der Waals surface area contributed by atoms with Crippen molar-refractivity contribution in [3.8, 4) is 29.4 Å². The molecule has 35 heavy (non-hydrogen) atoms. The zero-order valence-electron chi connectivity index (χ0n) is 18.8. The highest BCUT2D eigenvalue weighted by Crippen LogP contribution is 2.50. The number of ketones is 2. The topological polar surface area (TPSA) is 142 Å². The molecule has 0 saturated heterocycles. The van der Waals surface area contributed by atoms with Crippen LogP contribution in [-0.4, -0.2) is 45.3 Å². The van der Waals surface area contributed by atoms with Crippen molar-refractivity contribution in [2.75, 3.05) is 5.32 Å². The smallest absolute Gasteiger partial charge is 0.198 e. The summed E-state index contributed by atoms with van der Waals surface area (Å²) in [5, 5.41) is 35.5. The standard InChI is InChI=1S/C27H22N2O6/c1-14(30)35-27-12-16(6-4-2-3-5-7-21(27)32)29-24-19(27)11-20(31)22-23(24)26(34)18-10-15(13-28)8-9-17(18)25(22)33/h2-3,8-11,14,16,21,29-32H,12-13,28H2,1H3/b3-2-/t14-,16-,21+,27-/m0/s1. The van der Waals surface area contributed by atoms with Crippen LogP contribution >= 0.6 is 0 Å². The van der Waals surface area contributed by atoms with Crippen molar-refractivity contribution in [2.45, 2.75) is 43.9 Å². The summed E-state index contributed by atoms with van der Waals surface area (Å²) < 4.78 is 5.88. The molecule has 176 valence electrons. The third kappa shape index (κ3) is 3.52. The Balaban J connectivity index is 1.83. The van der Waals surface area contributed by atoms with Gasteiger partial charge in [-0.3, -0.25) is 9.59 Å². The number of aromatic hydroxyl groups is 1. The maximum atomic E-state index is 13.8. The van der Waals surface area contributed by atoms with E-state index in [2.05, 4.69) is 29.0 Å². The minimum Gasteiger partial charge on any atom is -0.507 e. The van der Waals surface area contributed by atoms with E-state index in [1.807, 2.05) is 0 Å². The third-order valence-electron chi connectivity index (χ3n) is 6.40. The van der Waals surface area contributed by atoms with Crippen molar-refractivity contribution in [1.82, 2.24) is 0 Å². The minimum absolute atomic E-state index is 0.0514. The molecule has 2 aliphatic carbocycles. The Labute approximate surface area is 201 Å². The Morgan fingerprint density at radius 2 is 1.86 bits per heavy atom. The van der Waals surface area contributed by atoms with Crippen molar-refractivity contribution in [1.29, 1.82) is 0 Å². The van der Waals surface area contributed by atoms with Gasteiger partial charge in [0.05, 0.1) is 22.9 Å². The van der Waals surface area contributed by atoms with E-state index < -0.39 is 41.4 Å². The van der Waals surface area contributed by atoms with Crippen LogP contribution in [0.25, 0.3) is 0 Å². The summed E-state index contributed by atoms with van der Waals surface area (Å²) in [6, 6.07) is 5.41. The van der Waals surface area contributed by atoms with Gasteiger partial charge in [-0.1, -0.05) is 29.7 Å². The molecule has 5 rings (SSSR count). The van der Waals surface area contributed by atoms with Crippen molar-refractivity contribution in [3.63, 3.8) is 0 Å². The lowest BCUT2D eigenvalue weighted by molar-refractivity contribution is -0.213. The number of fused-ring (bicyclic) bond motifs is 7. The van der Waals surface area contributed by atoms with Crippen molar-refractivity contribution in [3.05, 3.63) is 69.8 Å². The molecule has 8 nitrogen and oxygen atoms in total. The van der Waals surface area contributed by atoms with Crippen LogP contribution in [0.1, 0.15) is 56.3 Å². The molecule has 0 saturated carbocycles. The predicted octanol–water partition coefficient (Wildman–Crippen LogP) is 1.30. The Kier molecular flexibility index (Phi) is 5.47. The number of phenols is 1. The second-order valence-electron chi connectivity index (χ2n) is 8.63. The van der Waals surface area contributed by atoms with Crippen molar-refractivity contribution < 1.29 is 29.6 Å². The number of benzene rings is 2. The molecule has 0 fully saturated rings. The number of hydrogen-bond donors (Lipinski definition) is 5. The molecule has 4 atom stereocenters. The molecule has 0 aromatic heterocycles. The molecule has 1 heterocycles. The van der Waals surface area contributed by atoms with E-state index in [0.29, 0.717) is 5.56 Å². The number of ether oxygens (including phenoxy) is 1. The molecular weight excluding hydrogens is 448 g/mol. The lowest BCUT2D eigenvalue weighted by atomic mass is 9.73. The van der Waals surface area contributed by atoms with Crippen LogP contribution in [0.4, 0.5) is 5.69 Å². The number of rotatable bonds is 3. The number of aliphatic hydroxyl groups is 2. The Morgan fingerprint density at radius 1 is 1.14 bits per heavy atom. The molecule has 0 amide bonds. The molecule has 6 N–H and O–H groups in total. The van der Waals surface area contributed by atoms with Crippen LogP contribution in [0.2, 0.25) is 0 Å². The van der Waals surface area contributed by atoms with Gasteiger partial charge >= 0.3 is 0 Å². The maximum absolute atomic E-state index is 13.8. The summed E-state index contributed by atoms with van der Waals surface area (Å²) in [7, 11) is 0. The van der Waals surface area contributed by atoms with Crippen LogP contribution in [0.3, 0.4) is 0 Å². The van der Waals surface area contributed by atoms with Gasteiger partial charge in [0.2, 0.25) is 0 Å². The summed E-state index contributed by atoms with van der Waals surface area (Å²) in [5.74, 6) is 9.79.